The molecule has 1 heterocycles. The summed E-state index contributed by atoms with van der Waals surface area (Å²) in [6, 6.07) is 3.22. The van der Waals surface area contributed by atoms with Gasteiger partial charge in [-0.3, -0.25) is 4.90 Å². The summed E-state index contributed by atoms with van der Waals surface area (Å²) in [5.74, 6) is 0.525. The van der Waals surface area contributed by atoms with E-state index in [1.165, 1.54) is 32.5 Å². The van der Waals surface area contributed by atoms with Crippen LogP contribution in [0, 0.1) is 17.2 Å². The van der Waals surface area contributed by atoms with Crippen molar-refractivity contribution in [3.63, 3.8) is 0 Å². The van der Waals surface area contributed by atoms with Gasteiger partial charge in [0.05, 0.1) is 6.07 Å². The van der Waals surface area contributed by atoms with E-state index in [4.69, 9.17) is 0 Å². The molecule has 4 nitrogen and oxygen atoms in total. The molecule has 0 aromatic rings. The highest BCUT2D eigenvalue weighted by Gasteiger charge is 2.41. The smallest absolute Gasteiger partial charge is 0.109 e. The van der Waals surface area contributed by atoms with Gasteiger partial charge in [0, 0.05) is 25.7 Å². The van der Waals surface area contributed by atoms with E-state index in [0.717, 1.165) is 25.9 Å². The Bertz CT molecular complexity index is 351. The Morgan fingerprint density at radius 2 is 2.20 bits per heavy atom. The van der Waals surface area contributed by atoms with Crippen LogP contribution < -0.4 is 5.32 Å². The van der Waals surface area contributed by atoms with E-state index in [1.54, 1.807) is 0 Å². The van der Waals surface area contributed by atoms with E-state index in [0.29, 0.717) is 12.0 Å². The Labute approximate surface area is 124 Å². The van der Waals surface area contributed by atoms with E-state index < -0.39 is 0 Å². The highest BCUT2D eigenvalue weighted by atomic mass is 15.3. The fraction of sp³-hybridized carbons (Fsp3) is 0.938. The maximum atomic E-state index is 9.50. The van der Waals surface area contributed by atoms with Crippen molar-refractivity contribution in [1.29, 1.82) is 5.26 Å². The van der Waals surface area contributed by atoms with Gasteiger partial charge in [0.15, 0.2) is 0 Å². The number of nitrogens with one attached hydrogen (secondary N) is 1. The van der Waals surface area contributed by atoms with Crippen molar-refractivity contribution in [3.05, 3.63) is 0 Å². The molecule has 1 N–H and O–H groups in total. The second-order valence-corrected chi connectivity index (χ2v) is 6.49. The molecule has 0 aromatic heterocycles. The van der Waals surface area contributed by atoms with Crippen LogP contribution in [0.5, 0.6) is 0 Å². The van der Waals surface area contributed by atoms with Gasteiger partial charge >= 0.3 is 0 Å². The van der Waals surface area contributed by atoms with Crippen molar-refractivity contribution in [1.82, 2.24) is 15.1 Å². The zero-order valence-electron chi connectivity index (χ0n) is 13.4. The molecule has 1 aliphatic heterocycles. The number of nitriles is 1. The zero-order valence-corrected chi connectivity index (χ0v) is 13.4. The van der Waals surface area contributed by atoms with Crippen LogP contribution in [-0.2, 0) is 0 Å². The van der Waals surface area contributed by atoms with Gasteiger partial charge < -0.3 is 10.2 Å². The number of piperazine rings is 1. The van der Waals surface area contributed by atoms with Crippen molar-refractivity contribution >= 4 is 0 Å². The minimum Gasteiger partial charge on any atom is -0.302 e. The average Bonchev–Trinajstić information content (AvgIpc) is 2.88. The van der Waals surface area contributed by atoms with Gasteiger partial charge in [0.25, 0.3) is 0 Å². The molecule has 3 atom stereocenters. The summed E-state index contributed by atoms with van der Waals surface area (Å²) in [5.41, 5.74) is -0.253. The first kappa shape index (κ1) is 15.8. The Morgan fingerprint density at radius 1 is 1.40 bits per heavy atom. The predicted molar refractivity (Wildman–Crippen MR) is 82.5 cm³/mol. The minimum absolute atomic E-state index is 0.253. The van der Waals surface area contributed by atoms with E-state index in [2.05, 4.69) is 35.0 Å². The van der Waals surface area contributed by atoms with Gasteiger partial charge in [-0.2, -0.15) is 5.26 Å². The van der Waals surface area contributed by atoms with Gasteiger partial charge in [0.1, 0.15) is 5.54 Å². The maximum Gasteiger partial charge on any atom is 0.109 e. The molecule has 1 aliphatic carbocycles. The first-order valence-electron chi connectivity index (χ1n) is 8.21. The fourth-order valence-electron chi connectivity index (χ4n) is 4.08. The standard InChI is InChI=1S/C16H30N4/c1-4-20-11-10-19(12-14(20)2)9-7-15-6-5-8-16(15,13-17)18-3/h14-15,18H,4-12H2,1-3H3. The molecule has 4 heteroatoms. The number of hydrogen-bond donors (Lipinski definition) is 1. The van der Waals surface area contributed by atoms with Crippen LogP contribution in [0.2, 0.25) is 0 Å². The molecule has 2 aliphatic rings. The van der Waals surface area contributed by atoms with Gasteiger partial charge in [-0.1, -0.05) is 13.3 Å². The fourth-order valence-corrected chi connectivity index (χ4v) is 4.08. The number of rotatable bonds is 5. The van der Waals surface area contributed by atoms with Gasteiger partial charge in [-0.25, -0.2) is 0 Å². The summed E-state index contributed by atoms with van der Waals surface area (Å²) in [7, 11) is 1.95. The van der Waals surface area contributed by atoms with Crippen molar-refractivity contribution in [2.75, 3.05) is 39.8 Å². The number of nitrogens with zero attached hydrogens (tertiary/aromatic N) is 3. The van der Waals surface area contributed by atoms with E-state index >= 15 is 0 Å². The first-order chi connectivity index (χ1) is 9.65. The second kappa shape index (κ2) is 6.89. The van der Waals surface area contributed by atoms with Crippen LogP contribution in [0.3, 0.4) is 0 Å². The third-order valence-electron chi connectivity index (χ3n) is 5.52. The van der Waals surface area contributed by atoms with Crippen LogP contribution in [-0.4, -0.2) is 61.2 Å². The van der Waals surface area contributed by atoms with Crippen molar-refractivity contribution < 1.29 is 0 Å². The lowest BCUT2D eigenvalue weighted by Crippen LogP contribution is -2.52. The molecule has 0 aromatic carbocycles. The Balaban J connectivity index is 1.83. The molecule has 0 bridgehead atoms. The molecule has 2 fully saturated rings. The largest absolute Gasteiger partial charge is 0.302 e. The summed E-state index contributed by atoms with van der Waals surface area (Å²) in [5, 5.41) is 12.8. The first-order valence-corrected chi connectivity index (χ1v) is 8.21. The van der Waals surface area contributed by atoms with Crippen LogP contribution >= 0.6 is 0 Å². The Kier molecular flexibility index (Phi) is 5.42. The lowest BCUT2D eigenvalue weighted by molar-refractivity contribution is 0.0820. The maximum absolute atomic E-state index is 9.50. The lowest BCUT2D eigenvalue weighted by Gasteiger charge is -2.40. The van der Waals surface area contributed by atoms with Crippen LogP contribution in [0.4, 0.5) is 0 Å². The minimum atomic E-state index is -0.253. The normalized spacial score (nSPS) is 36.1. The molecule has 0 amide bonds. The number of likely N-dealkylation sites (N-methyl/N-ethyl adjacent to an activating group) is 1. The topological polar surface area (TPSA) is 42.3 Å². The highest BCUT2D eigenvalue weighted by Crippen LogP contribution is 2.37. The zero-order chi connectivity index (χ0) is 14.6. The van der Waals surface area contributed by atoms with Crippen molar-refractivity contribution in [2.24, 2.45) is 5.92 Å². The Hall–Kier alpha value is -0.630. The molecule has 0 spiro atoms. The summed E-state index contributed by atoms with van der Waals surface area (Å²) in [6.07, 6.45) is 4.58. The Morgan fingerprint density at radius 3 is 2.80 bits per heavy atom. The molecule has 0 radical (unpaired) electrons. The summed E-state index contributed by atoms with van der Waals surface area (Å²) in [4.78, 5) is 5.15. The summed E-state index contributed by atoms with van der Waals surface area (Å²) >= 11 is 0. The van der Waals surface area contributed by atoms with Gasteiger partial charge in [-0.15, -0.1) is 0 Å². The van der Waals surface area contributed by atoms with Crippen molar-refractivity contribution in [3.8, 4) is 6.07 Å². The molecular weight excluding hydrogens is 248 g/mol. The van der Waals surface area contributed by atoms with E-state index in [1.807, 2.05) is 7.05 Å². The summed E-state index contributed by atoms with van der Waals surface area (Å²) in [6.45, 7) is 10.4. The quantitative estimate of drug-likeness (QED) is 0.831. The average molecular weight is 278 g/mol. The van der Waals surface area contributed by atoms with E-state index in [9.17, 15) is 5.26 Å². The molecule has 1 saturated heterocycles. The van der Waals surface area contributed by atoms with Crippen LogP contribution in [0.15, 0.2) is 0 Å². The molecular formula is C16H30N4. The monoisotopic (exact) mass is 278 g/mol. The van der Waals surface area contributed by atoms with Gasteiger partial charge in [0.2, 0.25) is 0 Å². The summed E-state index contributed by atoms with van der Waals surface area (Å²) < 4.78 is 0. The molecule has 2 rings (SSSR count). The van der Waals surface area contributed by atoms with E-state index in [-0.39, 0.29) is 5.54 Å². The van der Waals surface area contributed by atoms with Crippen LogP contribution in [0.1, 0.15) is 39.5 Å². The van der Waals surface area contributed by atoms with Gasteiger partial charge in [-0.05, 0) is 52.2 Å². The molecule has 114 valence electrons. The van der Waals surface area contributed by atoms with Crippen LogP contribution in [0.25, 0.3) is 0 Å². The predicted octanol–water partition coefficient (Wildman–Crippen LogP) is 1.68. The highest BCUT2D eigenvalue weighted by molar-refractivity contribution is 5.13. The molecule has 20 heavy (non-hydrogen) atoms. The van der Waals surface area contributed by atoms with Crippen molar-refractivity contribution in [2.45, 2.75) is 51.1 Å². The third-order valence-corrected chi connectivity index (χ3v) is 5.52. The third kappa shape index (κ3) is 3.16. The lowest BCUT2D eigenvalue weighted by atomic mass is 9.86. The SMILES string of the molecule is CCN1CCN(CCC2CCCC2(C#N)NC)CC1C. The molecule has 1 saturated carbocycles. The number of hydrogen-bond acceptors (Lipinski definition) is 4. The molecule has 3 unspecified atom stereocenters. The second-order valence-electron chi connectivity index (χ2n) is 6.49.